The van der Waals surface area contributed by atoms with Crippen LogP contribution >= 0.6 is 0 Å². The van der Waals surface area contributed by atoms with E-state index in [1.54, 1.807) is 6.92 Å². The maximum absolute atomic E-state index is 12.7. The van der Waals surface area contributed by atoms with Crippen molar-refractivity contribution in [1.82, 2.24) is 5.32 Å². The van der Waals surface area contributed by atoms with E-state index >= 15 is 0 Å². The van der Waals surface area contributed by atoms with Crippen molar-refractivity contribution in [2.24, 2.45) is 0 Å². The summed E-state index contributed by atoms with van der Waals surface area (Å²) in [7, 11) is 0. The SMILES string of the molecule is Cc1ccc(NC(=O)N[C@H](C)CCO)cc1C(F)(F)F. The van der Waals surface area contributed by atoms with Crippen molar-refractivity contribution in [1.29, 1.82) is 0 Å². The number of nitrogens with one attached hydrogen (secondary N) is 2. The molecule has 112 valence electrons. The van der Waals surface area contributed by atoms with Crippen LogP contribution in [0.3, 0.4) is 0 Å². The maximum atomic E-state index is 12.7. The Morgan fingerprint density at radius 1 is 1.40 bits per heavy atom. The van der Waals surface area contributed by atoms with E-state index in [0.717, 1.165) is 6.07 Å². The molecular weight excluding hydrogens is 273 g/mol. The number of aliphatic hydroxyl groups is 1. The lowest BCUT2D eigenvalue weighted by molar-refractivity contribution is -0.138. The largest absolute Gasteiger partial charge is 0.416 e. The molecule has 1 atom stereocenters. The molecule has 0 aliphatic rings. The third-order valence-corrected chi connectivity index (χ3v) is 2.74. The van der Waals surface area contributed by atoms with Crippen molar-refractivity contribution < 1.29 is 23.1 Å². The van der Waals surface area contributed by atoms with Gasteiger partial charge in [-0.25, -0.2) is 4.79 Å². The van der Waals surface area contributed by atoms with E-state index in [1.165, 1.54) is 19.1 Å². The topological polar surface area (TPSA) is 61.4 Å². The monoisotopic (exact) mass is 290 g/mol. The number of carbonyl (C=O) groups excluding carboxylic acids is 1. The van der Waals surface area contributed by atoms with Gasteiger partial charge in [0.25, 0.3) is 0 Å². The van der Waals surface area contributed by atoms with E-state index < -0.39 is 17.8 Å². The van der Waals surface area contributed by atoms with E-state index in [9.17, 15) is 18.0 Å². The lowest BCUT2D eigenvalue weighted by Gasteiger charge is -2.15. The van der Waals surface area contributed by atoms with Crippen molar-refractivity contribution >= 4 is 11.7 Å². The number of amides is 2. The molecule has 2 amide bonds. The van der Waals surface area contributed by atoms with Gasteiger partial charge in [-0.05, 0) is 38.0 Å². The number of halogens is 3. The molecule has 1 aromatic rings. The minimum absolute atomic E-state index is 0.0663. The number of urea groups is 1. The predicted molar refractivity (Wildman–Crippen MR) is 69.5 cm³/mol. The highest BCUT2D eigenvalue weighted by atomic mass is 19.4. The third-order valence-electron chi connectivity index (χ3n) is 2.74. The van der Waals surface area contributed by atoms with Crippen LogP contribution < -0.4 is 10.6 Å². The molecule has 1 rings (SSSR count). The average Bonchev–Trinajstić information content (AvgIpc) is 2.30. The fourth-order valence-corrected chi connectivity index (χ4v) is 1.66. The van der Waals surface area contributed by atoms with Crippen molar-refractivity contribution in [3.8, 4) is 0 Å². The van der Waals surface area contributed by atoms with Gasteiger partial charge in [-0.15, -0.1) is 0 Å². The van der Waals surface area contributed by atoms with E-state index in [0.29, 0.717) is 6.42 Å². The zero-order valence-electron chi connectivity index (χ0n) is 11.2. The molecule has 0 heterocycles. The molecular formula is C13H17F3N2O2. The first-order chi connectivity index (χ1) is 9.24. The summed E-state index contributed by atoms with van der Waals surface area (Å²) in [5.41, 5.74) is -0.618. The molecule has 0 radical (unpaired) electrons. The van der Waals surface area contributed by atoms with Crippen molar-refractivity contribution in [3.63, 3.8) is 0 Å². The first-order valence-corrected chi connectivity index (χ1v) is 6.10. The van der Waals surface area contributed by atoms with Crippen LogP contribution in [0.25, 0.3) is 0 Å². The van der Waals surface area contributed by atoms with Crippen LogP contribution in [0.1, 0.15) is 24.5 Å². The number of benzene rings is 1. The van der Waals surface area contributed by atoms with Crippen molar-refractivity contribution in [2.75, 3.05) is 11.9 Å². The maximum Gasteiger partial charge on any atom is 0.416 e. The number of aliphatic hydroxyl groups excluding tert-OH is 1. The van der Waals surface area contributed by atoms with E-state index in [-0.39, 0.29) is 23.9 Å². The Balaban J connectivity index is 2.76. The summed E-state index contributed by atoms with van der Waals surface area (Å²) in [4.78, 5) is 11.6. The highest BCUT2D eigenvalue weighted by Crippen LogP contribution is 2.33. The molecule has 20 heavy (non-hydrogen) atoms. The van der Waals surface area contributed by atoms with E-state index in [1.807, 2.05) is 0 Å². The molecule has 7 heteroatoms. The molecule has 0 aliphatic carbocycles. The Kier molecular flexibility index (Phi) is 5.38. The van der Waals surface area contributed by atoms with Gasteiger partial charge in [0.1, 0.15) is 0 Å². The van der Waals surface area contributed by atoms with E-state index in [4.69, 9.17) is 5.11 Å². The van der Waals surface area contributed by atoms with Gasteiger partial charge in [0.15, 0.2) is 0 Å². The number of anilines is 1. The van der Waals surface area contributed by atoms with Crippen LogP contribution in [-0.4, -0.2) is 23.8 Å². The van der Waals surface area contributed by atoms with Gasteiger partial charge in [-0.2, -0.15) is 13.2 Å². The minimum atomic E-state index is -4.46. The van der Waals surface area contributed by atoms with Gasteiger partial charge >= 0.3 is 12.2 Å². The first kappa shape index (κ1) is 16.3. The Hall–Kier alpha value is -1.76. The van der Waals surface area contributed by atoms with Crippen LogP contribution in [0.4, 0.5) is 23.7 Å². The Labute approximate surface area is 115 Å². The number of carbonyl (C=O) groups is 1. The lowest BCUT2D eigenvalue weighted by atomic mass is 10.1. The number of aryl methyl sites for hydroxylation is 1. The summed E-state index contributed by atoms with van der Waals surface area (Å²) < 4.78 is 38.2. The summed E-state index contributed by atoms with van der Waals surface area (Å²) in [6.45, 7) is 2.96. The van der Waals surface area contributed by atoms with Gasteiger partial charge in [0.05, 0.1) is 5.56 Å². The number of hydrogen-bond acceptors (Lipinski definition) is 2. The molecule has 0 aliphatic heterocycles. The van der Waals surface area contributed by atoms with Crippen molar-refractivity contribution in [3.05, 3.63) is 29.3 Å². The Morgan fingerprint density at radius 2 is 2.05 bits per heavy atom. The van der Waals surface area contributed by atoms with Crippen molar-refractivity contribution in [2.45, 2.75) is 32.5 Å². The molecule has 0 saturated carbocycles. The standard InChI is InChI=1S/C13H17F3N2O2/c1-8-3-4-10(7-11(8)13(14,15)16)18-12(20)17-9(2)5-6-19/h3-4,7,9,19H,5-6H2,1-2H3,(H2,17,18,20)/t9-/m1/s1. The zero-order chi connectivity index (χ0) is 15.3. The summed E-state index contributed by atoms with van der Waals surface area (Å²) in [5.74, 6) is 0. The molecule has 0 unspecified atom stereocenters. The molecule has 4 nitrogen and oxygen atoms in total. The smallest absolute Gasteiger partial charge is 0.396 e. The predicted octanol–water partition coefficient (Wildman–Crippen LogP) is 2.91. The Bertz CT molecular complexity index is 475. The van der Waals surface area contributed by atoms with Crippen LogP contribution in [0.5, 0.6) is 0 Å². The summed E-state index contributed by atoms with van der Waals surface area (Å²) in [5, 5.41) is 13.5. The van der Waals surface area contributed by atoms with Gasteiger partial charge in [-0.1, -0.05) is 6.07 Å². The molecule has 0 aromatic heterocycles. The fourth-order valence-electron chi connectivity index (χ4n) is 1.66. The highest BCUT2D eigenvalue weighted by molar-refractivity contribution is 5.89. The zero-order valence-corrected chi connectivity index (χ0v) is 11.2. The number of rotatable bonds is 4. The molecule has 0 fully saturated rings. The van der Waals surface area contributed by atoms with E-state index in [2.05, 4.69) is 10.6 Å². The molecule has 0 bridgehead atoms. The van der Waals surface area contributed by atoms with Crippen LogP contribution in [0, 0.1) is 6.92 Å². The second-order valence-electron chi connectivity index (χ2n) is 4.54. The van der Waals surface area contributed by atoms with Gasteiger partial charge in [0, 0.05) is 18.3 Å². The van der Waals surface area contributed by atoms with Gasteiger partial charge in [-0.3, -0.25) is 0 Å². The lowest BCUT2D eigenvalue weighted by Crippen LogP contribution is -2.36. The highest BCUT2D eigenvalue weighted by Gasteiger charge is 2.32. The second kappa shape index (κ2) is 6.60. The molecule has 0 saturated heterocycles. The Morgan fingerprint density at radius 3 is 2.60 bits per heavy atom. The molecule has 0 spiro atoms. The number of hydrogen-bond donors (Lipinski definition) is 3. The normalized spacial score (nSPS) is 12.9. The van der Waals surface area contributed by atoms with Gasteiger partial charge in [0.2, 0.25) is 0 Å². The average molecular weight is 290 g/mol. The number of alkyl halides is 3. The fraction of sp³-hybridized carbons (Fsp3) is 0.462. The van der Waals surface area contributed by atoms with Crippen LogP contribution in [-0.2, 0) is 6.18 Å². The van der Waals surface area contributed by atoms with Gasteiger partial charge < -0.3 is 15.7 Å². The van der Waals surface area contributed by atoms with Crippen LogP contribution in [0.15, 0.2) is 18.2 Å². The molecule has 1 aromatic carbocycles. The van der Waals surface area contributed by atoms with Crippen LogP contribution in [0.2, 0.25) is 0 Å². The first-order valence-electron chi connectivity index (χ1n) is 6.10. The summed E-state index contributed by atoms with van der Waals surface area (Å²) >= 11 is 0. The summed E-state index contributed by atoms with van der Waals surface area (Å²) in [6.07, 6.45) is -4.09. The quantitative estimate of drug-likeness (QED) is 0.798. The minimum Gasteiger partial charge on any atom is -0.396 e. The molecule has 3 N–H and O–H groups in total. The summed E-state index contributed by atoms with van der Waals surface area (Å²) in [6, 6.07) is 2.72. The third kappa shape index (κ3) is 4.73. The second-order valence-corrected chi connectivity index (χ2v) is 4.54.